The van der Waals surface area contributed by atoms with Gasteiger partial charge >= 0.3 is 11.9 Å². The molecule has 0 amide bonds. The summed E-state index contributed by atoms with van der Waals surface area (Å²) in [5.74, 6) is -3.85. The first kappa shape index (κ1) is 23.6. The van der Waals surface area contributed by atoms with Crippen LogP contribution in [0.3, 0.4) is 0 Å². The summed E-state index contributed by atoms with van der Waals surface area (Å²) in [6, 6.07) is 0. The van der Waals surface area contributed by atoms with Crippen molar-refractivity contribution in [2.75, 3.05) is 13.2 Å². The van der Waals surface area contributed by atoms with Crippen LogP contribution in [-0.2, 0) is 14.3 Å². The van der Waals surface area contributed by atoms with E-state index in [2.05, 4.69) is 4.74 Å². The number of hydrogen-bond donors (Lipinski definition) is 10. The first-order valence-electron chi connectivity index (χ1n) is 6.91. The fourth-order valence-corrected chi connectivity index (χ4v) is 1.64. The molecule has 10 N–H and O–H groups in total. The van der Waals surface area contributed by atoms with Crippen LogP contribution >= 0.6 is 0 Å². The molecule has 0 aromatic rings. The Balaban J connectivity index is 5.08. The van der Waals surface area contributed by atoms with Crippen LogP contribution in [0.1, 0.15) is 0 Å². The summed E-state index contributed by atoms with van der Waals surface area (Å²) in [7, 11) is 0. The molecule has 0 rings (SSSR count). The largest absolute Gasteiger partial charge is 0.478 e. The zero-order valence-corrected chi connectivity index (χ0v) is 12.7. The van der Waals surface area contributed by atoms with Crippen molar-refractivity contribution in [3.8, 4) is 0 Å². The number of carboxylic acids is 1. The van der Waals surface area contributed by atoms with E-state index in [0.717, 1.165) is 0 Å². The van der Waals surface area contributed by atoms with Gasteiger partial charge in [-0.25, -0.2) is 9.59 Å². The van der Waals surface area contributed by atoms with Crippen LogP contribution in [0.15, 0.2) is 0 Å². The molecule has 0 aliphatic carbocycles. The van der Waals surface area contributed by atoms with Gasteiger partial charge in [-0.1, -0.05) is 0 Å². The molecule has 0 aliphatic rings. The Hall–Kier alpha value is -1.42. The number of hydrogen-bond acceptors (Lipinski definition) is 12. The molecule has 148 valence electrons. The summed E-state index contributed by atoms with van der Waals surface area (Å²) in [4.78, 5) is 22.6. The second-order valence-electron chi connectivity index (χ2n) is 5.10. The molecule has 0 saturated carbocycles. The summed E-state index contributed by atoms with van der Waals surface area (Å²) in [5.41, 5.74) is 0. The highest BCUT2D eigenvalue weighted by Gasteiger charge is 2.42. The molecule has 13 nitrogen and oxygen atoms in total. The summed E-state index contributed by atoms with van der Waals surface area (Å²) >= 11 is 0. The van der Waals surface area contributed by atoms with Crippen molar-refractivity contribution in [3.05, 3.63) is 0 Å². The van der Waals surface area contributed by atoms with Gasteiger partial charge in [0.1, 0.15) is 36.6 Å². The van der Waals surface area contributed by atoms with Gasteiger partial charge in [0, 0.05) is 0 Å². The zero-order valence-electron chi connectivity index (χ0n) is 12.7. The highest BCUT2D eigenvalue weighted by molar-refractivity contribution is 5.81. The average molecular weight is 374 g/mol. The van der Waals surface area contributed by atoms with Crippen molar-refractivity contribution < 1.29 is 65.4 Å². The van der Waals surface area contributed by atoms with E-state index in [9.17, 15) is 35.1 Å². The topological polar surface area (TPSA) is 246 Å². The maximum Gasteiger partial charge on any atom is 0.347 e. The zero-order chi connectivity index (χ0) is 19.9. The van der Waals surface area contributed by atoms with Crippen molar-refractivity contribution in [3.63, 3.8) is 0 Å². The fraction of sp³-hybridized carbons (Fsp3) is 0.833. The molecule has 0 aromatic heterocycles. The van der Waals surface area contributed by atoms with Crippen LogP contribution < -0.4 is 0 Å². The van der Waals surface area contributed by atoms with E-state index in [-0.39, 0.29) is 0 Å². The normalized spacial score (nSPS) is 21.3. The van der Waals surface area contributed by atoms with Crippen LogP contribution in [-0.4, -0.2) is 125 Å². The van der Waals surface area contributed by atoms with Gasteiger partial charge in [-0.05, 0) is 0 Å². The minimum absolute atomic E-state index is 1.03. The van der Waals surface area contributed by atoms with E-state index < -0.39 is 74.0 Å². The van der Waals surface area contributed by atoms with E-state index in [1.165, 1.54) is 0 Å². The monoisotopic (exact) mass is 374 g/mol. The quantitative estimate of drug-likeness (QED) is 0.151. The molecule has 0 spiro atoms. The standard InChI is InChI=1S/C12H22O13/c13-1-3(15)5(17)7(19)9(21)12(24)25-10(11(22)23)8(20)6(18)4(16)2-14/h3-10,13-21H,1-2H2,(H,22,23)/t3-,4-,5-,6+,7+,8-,9+,10-/m1/s1. The number of carbonyl (C=O) groups excluding carboxylic acids is 1. The highest BCUT2D eigenvalue weighted by Crippen LogP contribution is 2.13. The van der Waals surface area contributed by atoms with Gasteiger partial charge in [0.05, 0.1) is 13.2 Å². The molecular formula is C12H22O13. The van der Waals surface area contributed by atoms with E-state index in [1.54, 1.807) is 0 Å². The third kappa shape index (κ3) is 6.43. The van der Waals surface area contributed by atoms with Gasteiger partial charge in [0.2, 0.25) is 6.10 Å². The van der Waals surface area contributed by atoms with E-state index in [4.69, 9.17) is 25.5 Å². The Morgan fingerprint density at radius 1 is 0.720 bits per heavy atom. The third-order valence-corrected chi connectivity index (χ3v) is 3.22. The molecular weight excluding hydrogens is 352 g/mol. The average Bonchev–Trinajstić information content (AvgIpc) is 2.60. The van der Waals surface area contributed by atoms with Gasteiger partial charge in [-0.3, -0.25) is 0 Å². The lowest BCUT2D eigenvalue weighted by atomic mass is 10.0. The molecule has 0 saturated heterocycles. The summed E-state index contributed by atoms with van der Waals surface area (Å²) in [5, 5.41) is 91.8. The Bertz CT molecular complexity index is 429. The molecule has 0 radical (unpaired) electrons. The lowest BCUT2D eigenvalue weighted by Gasteiger charge is -2.28. The van der Waals surface area contributed by atoms with Crippen LogP contribution in [0.5, 0.6) is 0 Å². The molecule has 0 aliphatic heterocycles. The molecule has 0 aromatic carbocycles. The molecule has 0 heterocycles. The van der Waals surface area contributed by atoms with Crippen LogP contribution in [0.25, 0.3) is 0 Å². The molecule has 13 heteroatoms. The lowest BCUT2D eigenvalue weighted by molar-refractivity contribution is -0.195. The second-order valence-corrected chi connectivity index (χ2v) is 5.10. The Kier molecular flexibility index (Phi) is 9.95. The van der Waals surface area contributed by atoms with Gasteiger partial charge in [0.15, 0.2) is 6.10 Å². The minimum atomic E-state index is -2.58. The number of aliphatic carboxylic acids is 1. The summed E-state index contributed by atoms with van der Waals surface area (Å²) in [6.45, 7) is -2.08. The van der Waals surface area contributed by atoms with Crippen LogP contribution in [0.4, 0.5) is 0 Å². The van der Waals surface area contributed by atoms with Gasteiger partial charge < -0.3 is 55.8 Å². The van der Waals surface area contributed by atoms with E-state index >= 15 is 0 Å². The maximum absolute atomic E-state index is 11.6. The lowest BCUT2D eigenvalue weighted by Crippen LogP contribution is -2.53. The highest BCUT2D eigenvalue weighted by atomic mass is 16.6. The van der Waals surface area contributed by atoms with Crippen LogP contribution in [0, 0.1) is 0 Å². The first-order chi connectivity index (χ1) is 11.5. The van der Waals surface area contributed by atoms with Crippen LogP contribution in [0.2, 0.25) is 0 Å². The number of ether oxygens (including phenoxy) is 1. The Morgan fingerprint density at radius 3 is 1.48 bits per heavy atom. The minimum Gasteiger partial charge on any atom is -0.478 e. The van der Waals surface area contributed by atoms with Crippen molar-refractivity contribution in [2.45, 2.75) is 48.8 Å². The SMILES string of the molecule is O=C(O[C@@H](C(=O)O)[C@H](O)[C@@H](O)[C@H](O)CO)[C@@H](O)[C@@H](O)[C@H](O)[C@H](O)CO. The van der Waals surface area contributed by atoms with Gasteiger partial charge in [-0.2, -0.15) is 0 Å². The summed E-state index contributed by atoms with van der Waals surface area (Å²) < 4.78 is 4.23. The number of rotatable bonds is 11. The molecule has 25 heavy (non-hydrogen) atoms. The maximum atomic E-state index is 11.6. The predicted molar refractivity (Wildman–Crippen MR) is 73.7 cm³/mol. The predicted octanol–water partition coefficient (Wildman–Crippen LogP) is -6.51. The molecule has 0 unspecified atom stereocenters. The number of esters is 1. The molecule has 0 bridgehead atoms. The van der Waals surface area contributed by atoms with Crippen molar-refractivity contribution in [1.82, 2.24) is 0 Å². The van der Waals surface area contributed by atoms with Crippen molar-refractivity contribution >= 4 is 11.9 Å². The molecule has 0 fully saturated rings. The van der Waals surface area contributed by atoms with Crippen molar-refractivity contribution in [2.24, 2.45) is 0 Å². The summed E-state index contributed by atoms with van der Waals surface area (Å²) in [6.07, 6.45) is -18.2. The van der Waals surface area contributed by atoms with Gasteiger partial charge in [0.25, 0.3) is 0 Å². The smallest absolute Gasteiger partial charge is 0.347 e. The first-order valence-corrected chi connectivity index (χ1v) is 6.91. The third-order valence-electron chi connectivity index (χ3n) is 3.22. The van der Waals surface area contributed by atoms with Crippen molar-refractivity contribution in [1.29, 1.82) is 0 Å². The van der Waals surface area contributed by atoms with E-state index in [1.807, 2.05) is 0 Å². The Labute approximate surface area is 140 Å². The van der Waals surface area contributed by atoms with E-state index in [0.29, 0.717) is 0 Å². The number of aliphatic hydroxyl groups is 9. The number of carboxylic acid groups (broad SMARTS) is 1. The number of carbonyl (C=O) groups is 2. The Morgan fingerprint density at radius 2 is 1.12 bits per heavy atom. The fourth-order valence-electron chi connectivity index (χ4n) is 1.64. The number of aliphatic hydroxyl groups excluding tert-OH is 9. The molecule has 8 atom stereocenters. The second kappa shape index (κ2) is 10.5. The van der Waals surface area contributed by atoms with Gasteiger partial charge in [-0.15, -0.1) is 0 Å².